The van der Waals surface area contributed by atoms with Crippen molar-refractivity contribution >= 4 is 39.6 Å². The molecule has 36 heavy (non-hydrogen) atoms. The number of hydrogen-bond donors (Lipinski definition) is 0. The summed E-state index contributed by atoms with van der Waals surface area (Å²) in [6.07, 6.45) is 0.705. The quantitative estimate of drug-likeness (QED) is 0.206. The number of nitrogens with zero attached hydrogens (tertiary/aromatic N) is 2. The first-order valence-electron chi connectivity index (χ1n) is 11.6. The molecule has 5 aromatic rings. The average molecular weight is 503 g/mol. The van der Waals surface area contributed by atoms with Crippen LogP contribution in [0.2, 0.25) is 5.02 Å². The number of pyridine rings is 1. The van der Waals surface area contributed by atoms with Gasteiger partial charge in [-0.15, -0.1) is 0 Å². The molecule has 0 spiro atoms. The predicted molar refractivity (Wildman–Crippen MR) is 136 cm³/mol. The van der Waals surface area contributed by atoms with Crippen LogP contribution in [0.5, 0.6) is 11.5 Å². The number of ether oxygens (including phenoxy) is 3. The van der Waals surface area contributed by atoms with Gasteiger partial charge in [0.1, 0.15) is 19.0 Å². The van der Waals surface area contributed by atoms with Crippen LogP contribution in [-0.4, -0.2) is 22.5 Å². The molecule has 0 aliphatic rings. The molecule has 2 heterocycles. The Morgan fingerprint density at radius 3 is 2.58 bits per heavy atom. The SMILES string of the molecule is CCCOC(=O)c1nc2c(OCc3ccc(OCc4ccc5ccccc5n4)cc3)c(Cl)ccc2o1. The van der Waals surface area contributed by atoms with Gasteiger partial charge in [-0.3, -0.25) is 0 Å². The second kappa shape index (κ2) is 10.7. The molecule has 0 radical (unpaired) electrons. The van der Waals surface area contributed by atoms with E-state index in [0.717, 1.165) is 27.9 Å². The third kappa shape index (κ3) is 5.26. The van der Waals surface area contributed by atoms with E-state index in [1.54, 1.807) is 12.1 Å². The molecule has 0 aliphatic heterocycles. The zero-order valence-corrected chi connectivity index (χ0v) is 20.3. The monoisotopic (exact) mass is 502 g/mol. The summed E-state index contributed by atoms with van der Waals surface area (Å²) in [6.45, 7) is 2.81. The highest BCUT2D eigenvalue weighted by Gasteiger charge is 2.20. The van der Waals surface area contributed by atoms with E-state index in [4.69, 9.17) is 30.2 Å². The van der Waals surface area contributed by atoms with E-state index in [9.17, 15) is 4.79 Å². The van der Waals surface area contributed by atoms with Crippen molar-refractivity contribution < 1.29 is 23.4 Å². The Hall–Kier alpha value is -4.10. The van der Waals surface area contributed by atoms with Crippen molar-refractivity contribution in [3.8, 4) is 11.5 Å². The molecule has 2 aromatic heterocycles. The lowest BCUT2D eigenvalue weighted by molar-refractivity contribution is 0.0462. The molecule has 3 aromatic carbocycles. The van der Waals surface area contributed by atoms with Gasteiger partial charge in [-0.25, -0.2) is 9.78 Å². The normalized spacial score (nSPS) is 11.1. The standard InChI is InChI=1S/C28H23ClN2O5/c1-2-15-33-28(32)27-31-25-24(36-27)14-13-22(29)26(25)35-16-18-7-11-21(12-8-18)34-17-20-10-9-19-5-3-4-6-23(19)30-20/h3-14H,2,15-17H2,1H3. The van der Waals surface area contributed by atoms with E-state index in [-0.39, 0.29) is 12.5 Å². The van der Waals surface area contributed by atoms with Gasteiger partial charge in [0.05, 0.1) is 22.8 Å². The van der Waals surface area contributed by atoms with E-state index in [2.05, 4.69) is 9.97 Å². The number of carbonyl (C=O) groups is 1. The van der Waals surface area contributed by atoms with E-state index in [1.165, 1.54) is 0 Å². The highest BCUT2D eigenvalue weighted by Crippen LogP contribution is 2.34. The van der Waals surface area contributed by atoms with Gasteiger partial charge in [0.15, 0.2) is 16.8 Å². The van der Waals surface area contributed by atoms with Gasteiger partial charge in [0.25, 0.3) is 0 Å². The zero-order chi connectivity index (χ0) is 24.9. The third-order valence-corrected chi connectivity index (χ3v) is 5.73. The molecule has 0 amide bonds. The summed E-state index contributed by atoms with van der Waals surface area (Å²) in [5, 5.41) is 1.46. The van der Waals surface area contributed by atoms with Gasteiger partial charge < -0.3 is 18.6 Å². The topological polar surface area (TPSA) is 83.7 Å². The molecule has 0 unspecified atom stereocenters. The Bertz CT molecular complexity index is 1510. The number of benzene rings is 3. The fourth-order valence-electron chi connectivity index (χ4n) is 3.61. The minimum atomic E-state index is -0.621. The Kier molecular flexibility index (Phi) is 7.00. The summed E-state index contributed by atoms with van der Waals surface area (Å²) < 4.78 is 22.5. The minimum absolute atomic E-state index is 0.132. The smallest absolute Gasteiger partial charge is 0.394 e. The Balaban J connectivity index is 1.23. The maximum Gasteiger partial charge on any atom is 0.394 e. The Labute approximate surface area is 212 Å². The van der Waals surface area contributed by atoms with Crippen LogP contribution in [0.4, 0.5) is 0 Å². The van der Waals surface area contributed by atoms with Gasteiger partial charge >= 0.3 is 11.9 Å². The first-order valence-corrected chi connectivity index (χ1v) is 11.9. The van der Waals surface area contributed by atoms with Crippen LogP contribution in [0.25, 0.3) is 22.0 Å². The third-order valence-electron chi connectivity index (χ3n) is 5.43. The first-order chi connectivity index (χ1) is 17.6. The number of para-hydroxylation sites is 1. The van der Waals surface area contributed by atoms with Gasteiger partial charge in [-0.05, 0) is 48.4 Å². The van der Waals surface area contributed by atoms with Crippen molar-refractivity contribution in [2.45, 2.75) is 26.6 Å². The highest BCUT2D eigenvalue weighted by atomic mass is 35.5. The van der Waals surface area contributed by atoms with Gasteiger partial charge in [-0.2, -0.15) is 4.98 Å². The Morgan fingerprint density at radius 1 is 0.917 bits per heavy atom. The molecule has 0 fully saturated rings. The lowest BCUT2D eigenvalue weighted by Gasteiger charge is -2.10. The molecule has 182 valence electrons. The summed E-state index contributed by atoms with van der Waals surface area (Å²) >= 11 is 6.35. The number of oxazole rings is 1. The van der Waals surface area contributed by atoms with Gasteiger partial charge in [0.2, 0.25) is 0 Å². The number of halogens is 1. The van der Waals surface area contributed by atoms with E-state index < -0.39 is 5.97 Å². The molecule has 8 heteroatoms. The first kappa shape index (κ1) is 23.6. The van der Waals surface area contributed by atoms with Crippen molar-refractivity contribution in [2.75, 3.05) is 6.61 Å². The maximum atomic E-state index is 12.1. The summed E-state index contributed by atoms with van der Waals surface area (Å²) in [7, 11) is 0. The number of aromatic nitrogens is 2. The number of hydrogen-bond acceptors (Lipinski definition) is 7. The van der Waals surface area contributed by atoms with Crippen LogP contribution >= 0.6 is 11.6 Å². The number of carbonyl (C=O) groups excluding carboxylic acids is 1. The van der Waals surface area contributed by atoms with Crippen molar-refractivity contribution in [1.82, 2.24) is 9.97 Å². The molecule has 5 rings (SSSR count). The van der Waals surface area contributed by atoms with Crippen LogP contribution < -0.4 is 9.47 Å². The number of fused-ring (bicyclic) bond motifs is 2. The second-order valence-corrected chi connectivity index (χ2v) is 8.50. The molecule has 0 N–H and O–H groups in total. The average Bonchev–Trinajstić information content (AvgIpc) is 3.35. The van der Waals surface area contributed by atoms with E-state index >= 15 is 0 Å². The molecular weight excluding hydrogens is 480 g/mol. The fraction of sp³-hybridized carbons (Fsp3) is 0.179. The van der Waals surface area contributed by atoms with Crippen molar-refractivity contribution in [3.05, 3.63) is 95.0 Å². The summed E-state index contributed by atoms with van der Waals surface area (Å²) in [5.41, 5.74) is 3.47. The molecule has 7 nitrogen and oxygen atoms in total. The Morgan fingerprint density at radius 2 is 1.75 bits per heavy atom. The molecule has 0 saturated carbocycles. The van der Waals surface area contributed by atoms with Crippen LogP contribution in [0, 0.1) is 0 Å². The molecular formula is C28H23ClN2O5. The van der Waals surface area contributed by atoms with Crippen LogP contribution in [-0.2, 0) is 18.0 Å². The second-order valence-electron chi connectivity index (χ2n) is 8.09. The largest absolute Gasteiger partial charge is 0.487 e. The van der Waals surface area contributed by atoms with Crippen LogP contribution in [0.3, 0.4) is 0 Å². The fourth-order valence-corrected chi connectivity index (χ4v) is 3.82. The zero-order valence-electron chi connectivity index (χ0n) is 19.6. The lowest BCUT2D eigenvalue weighted by Crippen LogP contribution is -2.06. The van der Waals surface area contributed by atoms with E-state index in [0.29, 0.717) is 41.5 Å². The lowest BCUT2D eigenvalue weighted by atomic mass is 10.2. The summed E-state index contributed by atoms with van der Waals surface area (Å²) in [5.74, 6) is 0.313. The van der Waals surface area contributed by atoms with Gasteiger partial charge in [-0.1, -0.05) is 54.9 Å². The number of esters is 1. The van der Waals surface area contributed by atoms with Gasteiger partial charge in [0, 0.05) is 5.39 Å². The number of rotatable bonds is 9. The molecule has 0 atom stereocenters. The summed E-state index contributed by atoms with van der Waals surface area (Å²) in [4.78, 5) is 21.0. The molecule has 0 aliphatic carbocycles. The summed E-state index contributed by atoms with van der Waals surface area (Å²) in [6, 6.07) is 22.8. The highest BCUT2D eigenvalue weighted by molar-refractivity contribution is 6.33. The predicted octanol–water partition coefficient (Wildman–Crippen LogP) is 6.75. The van der Waals surface area contributed by atoms with Crippen molar-refractivity contribution in [1.29, 1.82) is 0 Å². The molecule has 0 bridgehead atoms. The van der Waals surface area contributed by atoms with Crippen molar-refractivity contribution in [2.24, 2.45) is 0 Å². The van der Waals surface area contributed by atoms with Crippen LogP contribution in [0.15, 0.2) is 77.2 Å². The van der Waals surface area contributed by atoms with Crippen LogP contribution in [0.1, 0.15) is 35.3 Å². The van der Waals surface area contributed by atoms with E-state index in [1.807, 2.05) is 67.6 Å². The van der Waals surface area contributed by atoms with Crippen molar-refractivity contribution in [3.63, 3.8) is 0 Å². The molecule has 0 saturated heterocycles. The maximum absolute atomic E-state index is 12.1. The minimum Gasteiger partial charge on any atom is -0.487 e.